The third-order valence-electron chi connectivity index (χ3n) is 3.47. The predicted molar refractivity (Wildman–Crippen MR) is 81.4 cm³/mol. The Hall–Kier alpha value is -2.76. The summed E-state index contributed by atoms with van der Waals surface area (Å²) in [6.45, 7) is 1.75. The Morgan fingerprint density at radius 3 is 2.59 bits per heavy atom. The van der Waals surface area contributed by atoms with Gasteiger partial charge in [0.05, 0.1) is 16.6 Å². The van der Waals surface area contributed by atoms with E-state index in [4.69, 9.17) is 5.73 Å². The molecule has 22 heavy (non-hydrogen) atoms. The van der Waals surface area contributed by atoms with Crippen LogP contribution in [0.4, 0.5) is 14.5 Å². The van der Waals surface area contributed by atoms with E-state index < -0.39 is 17.8 Å². The molecule has 0 saturated heterocycles. The average molecular weight is 301 g/mol. The van der Waals surface area contributed by atoms with E-state index >= 15 is 0 Å². The molecule has 0 fully saturated rings. The Morgan fingerprint density at radius 2 is 1.91 bits per heavy atom. The van der Waals surface area contributed by atoms with E-state index in [0.717, 1.165) is 4.57 Å². The SMILES string of the molecule is Cc1ccccc1-n1c(C(F)F)nc2ccc(N)cc2c1=O. The van der Waals surface area contributed by atoms with E-state index in [0.29, 0.717) is 16.9 Å². The van der Waals surface area contributed by atoms with Gasteiger partial charge in [0.15, 0.2) is 5.82 Å². The van der Waals surface area contributed by atoms with Crippen molar-refractivity contribution in [3.8, 4) is 5.69 Å². The number of nitrogens with zero attached hydrogens (tertiary/aromatic N) is 2. The minimum Gasteiger partial charge on any atom is -0.399 e. The lowest BCUT2D eigenvalue weighted by atomic mass is 10.1. The molecule has 0 spiro atoms. The van der Waals surface area contributed by atoms with Gasteiger partial charge in [0, 0.05) is 5.69 Å². The van der Waals surface area contributed by atoms with Crippen molar-refractivity contribution < 1.29 is 8.78 Å². The fraction of sp³-hybridized carbons (Fsp3) is 0.125. The minimum absolute atomic E-state index is 0.208. The Kier molecular flexibility index (Phi) is 3.36. The molecule has 0 unspecified atom stereocenters. The van der Waals surface area contributed by atoms with E-state index in [1.54, 1.807) is 31.2 Å². The maximum atomic E-state index is 13.4. The first-order chi connectivity index (χ1) is 10.5. The molecule has 4 nitrogen and oxygen atoms in total. The number of alkyl halides is 2. The largest absolute Gasteiger partial charge is 0.399 e. The van der Waals surface area contributed by atoms with Crippen molar-refractivity contribution in [2.24, 2.45) is 0 Å². The molecule has 0 saturated carbocycles. The molecule has 2 aromatic carbocycles. The van der Waals surface area contributed by atoms with Crippen LogP contribution < -0.4 is 11.3 Å². The number of fused-ring (bicyclic) bond motifs is 1. The van der Waals surface area contributed by atoms with Crippen molar-refractivity contribution in [1.82, 2.24) is 9.55 Å². The van der Waals surface area contributed by atoms with Crippen LogP contribution in [0.3, 0.4) is 0 Å². The summed E-state index contributed by atoms with van der Waals surface area (Å²) < 4.78 is 27.7. The van der Waals surface area contributed by atoms with E-state index in [2.05, 4.69) is 4.98 Å². The van der Waals surface area contributed by atoms with Gasteiger partial charge >= 0.3 is 0 Å². The number of aryl methyl sites for hydroxylation is 1. The zero-order valence-corrected chi connectivity index (χ0v) is 11.8. The van der Waals surface area contributed by atoms with Gasteiger partial charge < -0.3 is 5.73 Å². The topological polar surface area (TPSA) is 60.9 Å². The third kappa shape index (κ3) is 2.22. The van der Waals surface area contributed by atoms with Crippen LogP contribution in [0.1, 0.15) is 17.8 Å². The quantitative estimate of drug-likeness (QED) is 0.739. The maximum Gasteiger partial charge on any atom is 0.296 e. The van der Waals surface area contributed by atoms with Gasteiger partial charge in [-0.15, -0.1) is 0 Å². The number of nitrogens with two attached hydrogens (primary N) is 1. The summed E-state index contributed by atoms with van der Waals surface area (Å²) in [5.74, 6) is -0.573. The highest BCUT2D eigenvalue weighted by Gasteiger charge is 2.20. The van der Waals surface area contributed by atoms with E-state index in [1.807, 2.05) is 0 Å². The van der Waals surface area contributed by atoms with Crippen LogP contribution in [0.5, 0.6) is 0 Å². The van der Waals surface area contributed by atoms with Gasteiger partial charge in [0.1, 0.15) is 0 Å². The maximum absolute atomic E-state index is 13.4. The monoisotopic (exact) mass is 301 g/mol. The summed E-state index contributed by atoms with van der Waals surface area (Å²) in [5, 5.41) is 0.215. The molecule has 0 atom stereocenters. The second kappa shape index (κ2) is 5.22. The smallest absolute Gasteiger partial charge is 0.296 e. The summed E-state index contributed by atoms with van der Waals surface area (Å²) in [4.78, 5) is 16.6. The Bertz CT molecular complexity index is 919. The van der Waals surface area contributed by atoms with E-state index in [-0.39, 0.29) is 10.9 Å². The summed E-state index contributed by atoms with van der Waals surface area (Å²) >= 11 is 0. The number of halogens is 2. The van der Waals surface area contributed by atoms with Crippen LogP contribution in [0.25, 0.3) is 16.6 Å². The van der Waals surface area contributed by atoms with Crippen LogP contribution in [0, 0.1) is 6.92 Å². The summed E-state index contributed by atoms with van der Waals surface area (Å²) in [6.07, 6.45) is -2.87. The van der Waals surface area contributed by atoms with Crippen molar-refractivity contribution in [2.75, 3.05) is 5.73 Å². The molecule has 2 N–H and O–H groups in total. The van der Waals surface area contributed by atoms with E-state index in [9.17, 15) is 13.6 Å². The van der Waals surface area contributed by atoms with Crippen LogP contribution in [0.2, 0.25) is 0 Å². The van der Waals surface area contributed by atoms with Crippen LogP contribution in [0.15, 0.2) is 47.3 Å². The van der Waals surface area contributed by atoms with Crippen molar-refractivity contribution >= 4 is 16.6 Å². The first-order valence-electron chi connectivity index (χ1n) is 6.65. The molecule has 3 rings (SSSR count). The molecule has 0 aliphatic rings. The van der Waals surface area contributed by atoms with Crippen molar-refractivity contribution in [3.05, 3.63) is 64.2 Å². The molecule has 0 bridgehead atoms. The Morgan fingerprint density at radius 1 is 1.18 bits per heavy atom. The number of hydrogen-bond donors (Lipinski definition) is 1. The number of benzene rings is 2. The predicted octanol–water partition coefficient (Wildman–Crippen LogP) is 3.21. The highest BCUT2D eigenvalue weighted by atomic mass is 19.3. The van der Waals surface area contributed by atoms with Gasteiger partial charge in [-0.1, -0.05) is 18.2 Å². The Balaban J connectivity index is 2.46. The molecule has 0 radical (unpaired) electrons. The fourth-order valence-corrected chi connectivity index (χ4v) is 2.41. The average Bonchev–Trinajstić information content (AvgIpc) is 2.48. The number of nitrogen functional groups attached to an aromatic ring is 1. The molecule has 0 aliphatic heterocycles. The Labute approximate surface area is 124 Å². The second-order valence-corrected chi connectivity index (χ2v) is 4.97. The molecule has 1 aromatic heterocycles. The molecular formula is C16H13F2N3O. The highest BCUT2D eigenvalue weighted by Crippen LogP contribution is 2.23. The molecule has 0 aliphatic carbocycles. The van der Waals surface area contributed by atoms with Crippen LogP contribution in [-0.2, 0) is 0 Å². The van der Waals surface area contributed by atoms with Gasteiger partial charge in [-0.25, -0.2) is 13.8 Å². The van der Waals surface area contributed by atoms with Crippen molar-refractivity contribution in [2.45, 2.75) is 13.3 Å². The standard InChI is InChI=1S/C16H13F2N3O/c1-9-4-2-3-5-13(9)21-15(14(17)18)20-12-7-6-10(19)8-11(12)16(21)22/h2-8,14H,19H2,1H3. The first-order valence-corrected chi connectivity index (χ1v) is 6.65. The van der Waals surface area contributed by atoms with Gasteiger partial charge in [0.2, 0.25) is 0 Å². The van der Waals surface area contributed by atoms with Gasteiger partial charge in [0.25, 0.3) is 12.0 Å². The molecule has 3 aromatic rings. The van der Waals surface area contributed by atoms with E-state index in [1.165, 1.54) is 18.2 Å². The molecule has 6 heteroatoms. The lowest BCUT2D eigenvalue weighted by Crippen LogP contribution is -2.25. The molecule has 112 valence electrons. The normalized spacial score (nSPS) is 11.3. The summed E-state index contributed by atoms with van der Waals surface area (Å²) in [6, 6.07) is 11.3. The summed E-state index contributed by atoms with van der Waals surface area (Å²) in [7, 11) is 0. The molecule has 1 heterocycles. The lowest BCUT2D eigenvalue weighted by Gasteiger charge is -2.15. The second-order valence-electron chi connectivity index (χ2n) is 4.97. The van der Waals surface area contributed by atoms with Gasteiger partial charge in [-0.05, 0) is 36.8 Å². The number of rotatable bonds is 2. The first kappa shape index (κ1) is 14.2. The zero-order chi connectivity index (χ0) is 15.9. The van der Waals surface area contributed by atoms with Gasteiger partial charge in [-0.3, -0.25) is 9.36 Å². The van der Waals surface area contributed by atoms with Crippen LogP contribution in [-0.4, -0.2) is 9.55 Å². The lowest BCUT2D eigenvalue weighted by molar-refractivity contribution is 0.137. The zero-order valence-electron chi connectivity index (χ0n) is 11.8. The third-order valence-corrected chi connectivity index (χ3v) is 3.47. The van der Waals surface area contributed by atoms with Crippen LogP contribution >= 0.6 is 0 Å². The van der Waals surface area contributed by atoms with Crippen molar-refractivity contribution in [3.63, 3.8) is 0 Å². The molecular weight excluding hydrogens is 288 g/mol. The van der Waals surface area contributed by atoms with Gasteiger partial charge in [-0.2, -0.15) is 0 Å². The number of para-hydroxylation sites is 1. The number of aromatic nitrogens is 2. The summed E-state index contributed by atoms with van der Waals surface area (Å²) in [5.41, 5.74) is 6.81. The number of hydrogen-bond acceptors (Lipinski definition) is 3. The minimum atomic E-state index is -2.87. The van der Waals surface area contributed by atoms with Crippen molar-refractivity contribution in [1.29, 1.82) is 0 Å². The highest BCUT2D eigenvalue weighted by molar-refractivity contribution is 5.81. The number of anilines is 1. The fourth-order valence-electron chi connectivity index (χ4n) is 2.41. The molecule has 0 amide bonds.